The summed E-state index contributed by atoms with van der Waals surface area (Å²) in [4.78, 5) is 18.2. The monoisotopic (exact) mass is 341 g/mol. The molecule has 0 N–H and O–H groups in total. The summed E-state index contributed by atoms with van der Waals surface area (Å²) >= 11 is 0. The van der Waals surface area contributed by atoms with Gasteiger partial charge in [-0.25, -0.2) is 0 Å². The fourth-order valence-electron chi connectivity index (χ4n) is 5.52. The van der Waals surface area contributed by atoms with Gasteiger partial charge < -0.3 is 9.57 Å². The first-order chi connectivity index (χ1) is 12.1. The zero-order valence-corrected chi connectivity index (χ0v) is 15.4. The number of methoxy groups -OCH3 is 1. The van der Waals surface area contributed by atoms with Crippen LogP contribution >= 0.6 is 0 Å². The molecule has 0 radical (unpaired) electrons. The highest BCUT2D eigenvalue weighted by Crippen LogP contribution is 2.59. The van der Waals surface area contributed by atoms with Crippen molar-refractivity contribution in [2.24, 2.45) is 22.4 Å². The van der Waals surface area contributed by atoms with E-state index in [4.69, 9.17) is 9.57 Å². The molecule has 2 saturated carbocycles. The summed E-state index contributed by atoms with van der Waals surface area (Å²) in [6, 6.07) is 6.53. The first kappa shape index (κ1) is 16.6. The van der Waals surface area contributed by atoms with Crippen LogP contribution in [-0.2, 0) is 16.1 Å². The minimum Gasteiger partial charge on any atom is -0.497 e. The Balaban J connectivity index is 1.66. The topological polar surface area (TPSA) is 47.9 Å². The third-order valence-corrected chi connectivity index (χ3v) is 6.82. The molecule has 0 bridgehead atoms. The van der Waals surface area contributed by atoms with E-state index in [0.717, 1.165) is 37.9 Å². The molecule has 0 saturated heterocycles. The van der Waals surface area contributed by atoms with E-state index in [1.54, 1.807) is 7.11 Å². The number of rotatable bonds is 3. The number of nitrogens with zero attached hydrogens (tertiary/aromatic N) is 1. The number of oxime groups is 1. The normalized spacial score (nSPS) is 35.1. The standard InChI is InChI=1S/C21H27NO3/c1-4-25-22-19-12-18-17-7-5-13-11-14(24-3)6-8-15(13)16(17)9-10-21(18,2)20(19)23/h6,8,11,16-18H,4-5,7,9-10,12H2,1-3H3/b22-19+/t16-,17-,18+,21-/m1/s1. The maximum absolute atomic E-state index is 12.9. The molecule has 0 aliphatic heterocycles. The molecule has 0 heterocycles. The van der Waals surface area contributed by atoms with Gasteiger partial charge in [-0.05, 0) is 73.6 Å². The third kappa shape index (κ3) is 2.49. The Bertz CT molecular complexity index is 726. The quantitative estimate of drug-likeness (QED) is 0.777. The Morgan fingerprint density at radius 3 is 2.92 bits per heavy atom. The molecule has 0 aromatic heterocycles. The fraction of sp³-hybridized carbons (Fsp3) is 0.619. The molecular formula is C21H27NO3. The predicted molar refractivity (Wildman–Crippen MR) is 97.1 cm³/mol. The van der Waals surface area contributed by atoms with Crippen molar-refractivity contribution in [2.45, 2.75) is 51.9 Å². The highest BCUT2D eigenvalue weighted by molar-refractivity contribution is 6.43. The average Bonchev–Trinajstić information content (AvgIpc) is 2.90. The first-order valence-corrected chi connectivity index (χ1v) is 9.49. The average molecular weight is 341 g/mol. The number of ketones is 1. The van der Waals surface area contributed by atoms with Gasteiger partial charge in [0.15, 0.2) is 5.78 Å². The molecule has 0 spiro atoms. The second-order valence-electron chi connectivity index (χ2n) is 7.93. The van der Waals surface area contributed by atoms with Crippen LogP contribution in [0.4, 0.5) is 0 Å². The second kappa shape index (κ2) is 6.15. The number of carbonyl (C=O) groups is 1. The van der Waals surface area contributed by atoms with Crippen molar-refractivity contribution < 1.29 is 14.4 Å². The van der Waals surface area contributed by atoms with Crippen LogP contribution in [0.2, 0.25) is 0 Å². The van der Waals surface area contributed by atoms with Gasteiger partial charge in [-0.1, -0.05) is 18.1 Å². The minimum atomic E-state index is -0.249. The van der Waals surface area contributed by atoms with Crippen molar-refractivity contribution in [1.82, 2.24) is 0 Å². The molecule has 2 fully saturated rings. The van der Waals surface area contributed by atoms with Gasteiger partial charge in [0.2, 0.25) is 0 Å². The van der Waals surface area contributed by atoms with E-state index in [0.29, 0.717) is 30.1 Å². The van der Waals surface area contributed by atoms with Crippen LogP contribution in [0.3, 0.4) is 0 Å². The van der Waals surface area contributed by atoms with Crippen molar-refractivity contribution in [2.75, 3.05) is 13.7 Å². The smallest absolute Gasteiger partial charge is 0.186 e. The van der Waals surface area contributed by atoms with Crippen molar-refractivity contribution in [3.63, 3.8) is 0 Å². The number of fused-ring (bicyclic) bond motifs is 5. The maximum atomic E-state index is 12.9. The zero-order chi connectivity index (χ0) is 17.6. The Morgan fingerprint density at radius 2 is 2.16 bits per heavy atom. The lowest BCUT2D eigenvalue weighted by Gasteiger charge is -2.47. The molecule has 25 heavy (non-hydrogen) atoms. The number of benzene rings is 1. The van der Waals surface area contributed by atoms with Crippen LogP contribution in [0.1, 0.15) is 56.6 Å². The number of aryl methyl sites for hydroxylation is 1. The molecule has 4 atom stereocenters. The maximum Gasteiger partial charge on any atom is 0.186 e. The van der Waals surface area contributed by atoms with Gasteiger partial charge >= 0.3 is 0 Å². The Hall–Kier alpha value is -1.84. The van der Waals surface area contributed by atoms with E-state index in [2.05, 4.69) is 30.3 Å². The number of Topliss-reactive ketones (excluding diaryl/α,β-unsaturated/α-hetero) is 1. The highest BCUT2D eigenvalue weighted by Gasteiger charge is 2.57. The summed E-state index contributed by atoms with van der Waals surface area (Å²) in [6.45, 7) is 4.58. The van der Waals surface area contributed by atoms with E-state index in [1.807, 2.05) is 6.92 Å². The first-order valence-electron chi connectivity index (χ1n) is 9.49. The summed E-state index contributed by atoms with van der Waals surface area (Å²) in [7, 11) is 1.72. The summed E-state index contributed by atoms with van der Waals surface area (Å²) in [6.07, 6.45) is 5.05. The number of hydrogen-bond acceptors (Lipinski definition) is 4. The largest absolute Gasteiger partial charge is 0.497 e. The molecule has 1 aromatic carbocycles. The summed E-state index contributed by atoms with van der Waals surface area (Å²) in [5.41, 5.74) is 3.31. The lowest BCUT2D eigenvalue weighted by Crippen LogP contribution is -2.42. The number of hydrogen-bond donors (Lipinski definition) is 0. The minimum absolute atomic E-state index is 0.227. The molecule has 4 heteroatoms. The number of ether oxygens (including phenoxy) is 1. The van der Waals surface area contributed by atoms with Crippen molar-refractivity contribution >= 4 is 11.5 Å². The van der Waals surface area contributed by atoms with Gasteiger partial charge in [-0.3, -0.25) is 4.79 Å². The van der Waals surface area contributed by atoms with Crippen LogP contribution in [0.5, 0.6) is 5.75 Å². The van der Waals surface area contributed by atoms with Crippen LogP contribution < -0.4 is 4.74 Å². The zero-order valence-electron chi connectivity index (χ0n) is 15.4. The highest BCUT2D eigenvalue weighted by atomic mass is 16.6. The molecular weight excluding hydrogens is 314 g/mol. The van der Waals surface area contributed by atoms with Gasteiger partial charge in [0.05, 0.1) is 7.11 Å². The molecule has 0 unspecified atom stereocenters. The van der Waals surface area contributed by atoms with Gasteiger partial charge in [-0.2, -0.15) is 0 Å². The molecule has 3 aliphatic rings. The molecule has 0 amide bonds. The van der Waals surface area contributed by atoms with Crippen LogP contribution in [0.15, 0.2) is 23.4 Å². The van der Waals surface area contributed by atoms with Crippen LogP contribution in [0, 0.1) is 17.3 Å². The lowest BCUT2D eigenvalue weighted by molar-refractivity contribution is -0.125. The summed E-state index contributed by atoms with van der Waals surface area (Å²) < 4.78 is 5.39. The van der Waals surface area contributed by atoms with Crippen molar-refractivity contribution in [3.8, 4) is 5.75 Å². The van der Waals surface area contributed by atoms with E-state index in [-0.39, 0.29) is 11.2 Å². The van der Waals surface area contributed by atoms with Gasteiger partial charge in [0, 0.05) is 11.8 Å². The van der Waals surface area contributed by atoms with Gasteiger partial charge in [0.1, 0.15) is 18.1 Å². The molecule has 3 aliphatic carbocycles. The molecule has 134 valence electrons. The van der Waals surface area contributed by atoms with Crippen molar-refractivity contribution in [1.29, 1.82) is 0 Å². The van der Waals surface area contributed by atoms with E-state index >= 15 is 0 Å². The molecule has 1 aromatic rings. The van der Waals surface area contributed by atoms with Crippen molar-refractivity contribution in [3.05, 3.63) is 29.3 Å². The summed E-state index contributed by atoms with van der Waals surface area (Å²) in [5, 5.41) is 4.15. The van der Waals surface area contributed by atoms with E-state index in [1.165, 1.54) is 11.1 Å². The molecule has 4 rings (SSSR count). The van der Waals surface area contributed by atoms with Crippen LogP contribution in [-0.4, -0.2) is 25.2 Å². The number of carbonyl (C=O) groups excluding carboxylic acids is 1. The second-order valence-corrected chi connectivity index (χ2v) is 7.93. The van der Waals surface area contributed by atoms with Crippen LogP contribution in [0.25, 0.3) is 0 Å². The Labute approximate surface area is 149 Å². The van der Waals surface area contributed by atoms with Gasteiger partial charge in [-0.15, -0.1) is 0 Å². The van der Waals surface area contributed by atoms with E-state index in [9.17, 15) is 4.79 Å². The third-order valence-electron chi connectivity index (χ3n) is 6.82. The molecule has 4 nitrogen and oxygen atoms in total. The Kier molecular flexibility index (Phi) is 4.09. The predicted octanol–water partition coefficient (Wildman–Crippen LogP) is 4.12. The van der Waals surface area contributed by atoms with Gasteiger partial charge in [0.25, 0.3) is 0 Å². The Morgan fingerprint density at radius 1 is 1.32 bits per heavy atom. The fourth-order valence-corrected chi connectivity index (χ4v) is 5.52. The summed E-state index contributed by atoms with van der Waals surface area (Å²) in [5.74, 6) is 2.70. The van der Waals surface area contributed by atoms with E-state index < -0.39 is 0 Å². The SMILES string of the molecule is CCO/N=C1\C[C@H]2[C@@H]3CCc4cc(OC)ccc4[C@H]3CC[C@@]2(C)C1=O. The lowest BCUT2D eigenvalue weighted by atomic mass is 9.55.